The van der Waals surface area contributed by atoms with Crippen molar-refractivity contribution in [2.45, 2.75) is 71.6 Å². The van der Waals surface area contributed by atoms with Gasteiger partial charge in [-0.25, -0.2) is 4.98 Å². The lowest BCUT2D eigenvalue weighted by Crippen LogP contribution is -2.66. The summed E-state index contributed by atoms with van der Waals surface area (Å²) in [6.45, 7) is 12.7. The van der Waals surface area contributed by atoms with E-state index in [9.17, 15) is 9.59 Å². The first kappa shape index (κ1) is 39.9. The molecule has 1 atom stereocenters. The summed E-state index contributed by atoms with van der Waals surface area (Å²) in [7, 11) is -2.66. The fourth-order valence-electron chi connectivity index (χ4n) is 7.46. The maximum Gasteiger partial charge on any atom is 0.373 e. The highest BCUT2D eigenvalue weighted by molar-refractivity contribution is 6.99. The van der Waals surface area contributed by atoms with Crippen LogP contribution >= 0.6 is 0 Å². The molecule has 2 heterocycles. The molecule has 54 heavy (non-hydrogen) atoms. The second-order valence-corrected chi connectivity index (χ2v) is 18.7. The van der Waals surface area contributed by atoms with E-state index in [0.29, 0.717) is 55.6 Å². The molecule has 1 amide bonds. The molecule has 0 spiro atoms. The molecule has 0 bridgehead atoms. The van der Waals surface area contributed by atoms with Crippen molar-refractivity contribution in [2.75, 3.05) is 19.8 Å². The van der Waals surface area contributed by atoms with Crippen molar-refractivity contribution in [3.8, 4) is 11.4 Å². The third kappa shape index (κ3) is 8.75. The Labute approximate surface area is 319 Å². The fraction of sp³-hybridized carbons (Fsp3) is 0.318. The first-order valence-corrected chi connectivity index (χ1v) is 20.3. The molecule has 0 radical (unpaired) electrons. The highest BCUT2D eigenvalue weighted by Gasteiger charge is 2.50. The third-order valence-electron chi connectivity index (χ3n) is 10.1. The molecular formula is C44H49N3O6Si. The van der Waals surface area contributed by atoms with Crippen LogP contribution in [0.15, 0.2) is 115 Å². The second kappa shape index (κ2) is 18.2. The lowest BCUT2D eigenvalue weighted by Gasteiger charge is -2.43. The van der Waals surface area contributed by atoms with Crippen molar-refractivity contribution in [1.29, 1.82) is 0 Å². The summed E-state index contributed by atoms with van der Waals surface area (Å²) in [5, 5.41) is 2.34. The number of imidazole rings is 1. The zero-order valence-corrected chi connectivity index (χ0v) is 32.8. The molecule has 1 aliphatic rings. The number of aromatic nitrogens is 2. The van der Waals surface area contributed by atoms with E-state index < -0.39 is 8.32 Å². The van der Waals surface area contributed by atoms with E-state index in [1.807, 2.05) is 51.9 Å². The largest absolute Gasteiger partial charge is 0.405 e. The monoisotopic (exact) mass is 743 g/mol. The van der Waals surface area contributed by atoms with Gasteiger partial charge in [0.1, 0.15) is 11.5 Å². The van der Waals surface area contributed by atoms with Gasteiger partial charge in [0.15, 0.2) is 5.78 Å². The number of rotatable bonds is 13. The van der Waals surface area contributed by atoms with Crippen LogP contribution in [-0.4, -0.2) is 66.5 Å². The Morgan fingerprint density at radius 2 is 1.39 bits per heavy atom. The standard InChI is InChI=1S/C43H49N3O4Si.CO2/c1-6-35-29-33-17-13-14-18-34(33)30-46(35)42(48)39-24-16-15-23-38(39)41-44-40(32(2)47)31-45(41)25-26-49-27-28-50-51(43(3,4)5,36-19-9-7-10-20-36)37-21-11-8-12-22-37;2-1-3/h7-24,31,35H,6,25-30H2,1-5H3;/t35-;/m1./s1. The van der Waals surface area contributed by atoms with Crippen LogP contribution in [0.25, 0.3) is 11.4 Å². The van der Waals surface area contributed by atoms with Gasteiger partial charge < -0.3 is 18.6 Å². The molecule has 280 valence electrons. The van der Waals surface area contributed by atoms with E-state index in [1.165, 1.54) is 28.4 Å². The SMILES string of the molecule is CC[C@@H]1Cc2ccccc2CN1C(=O)c1ccccc1-c1nc(C(C)=O)cn1CCOCCO[Si](c1ccccc1)(c1ccccc1)C(C)(C)C.O=C=O. The third-order valence-corrected chi connectivity index (χ3v) is 15.1. The van der Waals surface area contributed by atoms with Crippen LogP contribution in [0.4, 0.5) is 0 Å². The highest BCUT2D eigenvalue weighted by atomic mass is 28.4. The van der Waals surface area contributed by atoms with Gasteiger partial charge in [0.05, 0.1) is 25.4 Å². The van der Waals surface area contributed by atoms with Crippen LogP contribution in [0.3, 0.4) is 0 Å². The van der Waals surface area contributed by atoms with Crippen LogP contribution in [0, 0.1) is 0 Å². The molecule has 10 heteroatoms. The Morgan fingerprint density at radius 1 is 0.815 bits per heavy atom. The number of fused-ring (bicyclic) bond motifs is 1. The number of Topliss-reactive ketones (excluding diaryl/α,β-unsaturated/α-hetero) is 1. The predicted octanol–water partition coefficient (Wildman–Crippen LogP) is 6.74. The maximum absolute atomic E-state index is 14.3. The predicted molar refractivity (Wildman–Crippen MR) is 211 cm³/mol. The molecule has 6 rings (SSSR count). The minimum absolute atomic E-state index is 0.0254. The topological polar surface area (TPSA) is 108 Å². The summed E-state index contributed by atoms with van der Waals surface area (Å²) in [5.41, 5.74) is 4.14. The molecule has 0 fully saturated rings. The van der Waals surface area contributed by atoms with Gasteiger partial charge in [0.25, 0.3) is 14.2 Å². The quantitative estimate of drug-likeness (QED) is 0.0747. The number of benzene rings is 4. The molecule has 4 aromatic carbocycles. The lowest BCUT2D eigenvalue weighted by atomic mass is 9.91. The van der Waals surface area contributed by atoms with Crippen LogP contribution in [0.5, 0.6) is 0 Å². The Hall–Kier alpha value is -5.25. The summed E-state index contributed by atoms with van der Waals surface area (Å²) in [6, 6.07) is 37.3. The minimum Gasteiger partial charge on any atom is -0.405 e. The lowest BCUT2D eigenvalue weighted by molar-refractivity contribution is -0.191. The Balaban J connectivity index is 0.00000181. The van der Waals surface area contributed by atoms with Crippen LogP contribution in [-0.2, 0) is 38.3 Å². The van der Waals surface area contributed by atoms with Crippen LogP contribution in [0.1, 0.15) is 73.0 Å². The second-order valence-electron chi connectivity index (χ2n) is 14.4. The molecular weight excluding hydrogens is 695 g/mol. The van der Waals surface area contributed by atoms with Gasteiger partial charge in [-0.2, -0.15) is 9.59 Å². The van der Waals surface area contributed by atoms with Crippen molar-refractivity contribution in [1.82, 2.24) is 14.5 Å². The molecule has 0 aliphatic carbocycles. The van der Waals surface area contributed by atoms with Crippen molar-refractivity contribution >= 4 is 36.5 Å². The van der Waals surface area contributed by atoms with E-state index in [4.69, 9.17) is 23.7 Å². The summed E-state index contributed by atoms with van der Waals surface area (Å²) < 4.78 is 15.1. The molecule has 5 aromatic rings. The van der Waals surface area contributed by atoms with Gasteiger partial charge in [-0.3, -0.25) is 9.59 Å². The summed E-state index contributed by atoms with van der Waals surface area (Å²) >= 11 is 0. The number of carbonyl (C=O) groups is 2. The zero-order chi connectivity index (χ0) is 38.7. The van der Waals surface area contributed by atoms with Crippen LogP contribution < -0.4 is 10.4 Å². The normalized spacial score (nSPS) is 14.0. The van der Waals surface area contributed by atoms with Crippen molar-refractivity contribution in [3.63, 3.8) is 0 Å². The van der Waals surface area contributed by atoms with Gasteiger partial charge in [-0.1, -0.05) is 131 Å². The molecule has 0 saturated heterocycles. The summed E-state index contributed by atoms with van der Waals surface area (Å²) in [4.78, 5) is 49.8. The van der Waals surface area contributed by atoms with E-state index in [-0.39, 0.29) is 28.9 Å². The first-order valence-electron chi connectivity index (χ1n) is 18.4. The van der Waals surface area contributed by atoms with Crippen molar-refractivity contribution in [3.05, 3.63) is 138 Å². The molecule has 0 N–H and O–H groups in total. The number of ether oxygens (including phenoxy) is 1. The fourth-order valence-corrected chi connectivity index (χ4v) is 12.0. The van der Waals surface area contributed by atoms with Crippen LogP contribution in [0.2, 0.25) is 5.04 Å². The maximum atomic E-state index is 14.3. The van der Waals surface area contributed by atoms with Gasteiger partial charge >= 0.3 is 6.15 Å². The molecule has 9 nitrogen and oxygen atoms in total. The molecule has 0 unspecified atom stereocenters. The molecule has 0 saturated carbocycles. The Bertz CT molecular complexity index is 2010. The Morgan fingerprint density at radius 3 is 1.98 bits per heavy atom. The highest BCUT2D eigenvalue weighted by Crippen LogP contribution is 2.37. The van der Waals surface area contributed by atoms with Gasteiger partial charge in [0, 0.05) is 37.8 Å². The Kier molecular flexibility index (Phi) is 13.5. The smallest absolute Gasteiger partial charge is 0.373 e. The van der Waals surface area contributed by atoms with Gasteiger partial charge in [0.2, 0.25) is 0 Å². The van der Waals surface area contributed by atoms with Crippen molar-refractivity contribution in [2.24, 2.45) is 0 Å². The zero-order valence-electron chi connectivity index (χ0n) is 31.8. The first-order chi connectivity index (χ1) is 26.0. The van der Waals surface area contributed by atoms with E-state index >= 15 is 0 Å². The van der Waals surface area contributed by atoms with Gasteiger partial charge in [-0.05, 0) is 45.4 Å². The van der Waals surface area contributed by atoms with E-state index in [0.717, 1.165) is 12.8 Å². The van der Waals surface area contributed by atoms with Gasteiger partial charge in [-0.15, -0.1) is 0 Å². The number of hydrogen-bond donors (Lipinski definition) is 0. The number of carbonyl (C=O) groups excluding carboxylic acids is 4. The van der Waals surface area contributed by atoms with E-state index in [2.05, 4.69) is 94.4 Å². The minimum atomic E-state index is -2.66. The average Bonchev–Trinajstić information content (AvgIpc) is 3.62. The van der Waals surface area contributed by atoms with E-state index in [1.54, 1.807) is 6.20 Å². The molecule has 1 aliphatic heterocycles. The average molecular weight is 744 g/mol. The number of nitrogens with zero attached hydrogens (tertiary/aromatic N) is 3. The number of hydrogen-bond acceptors (Lipinski definition) is 7. The summed E-state index contributed by atoms with van der Waals surface area (Å²) in [6.07, 6.45) is 3.72. The number of ketones is 1. The number of amides is 1. The molecule has 1 aromatic heterocycles. The van der Waals surface area contributed by atoms with Crippen molar-refractivity contribution < 1.29 is 28.3 Å². The summed E-state index contributed by atoms with van der Waals surface area (Å²) in [5.74, 6) is 0.432.